The lowest BCUT2D eigenvalue weighted by Gasteiger charge is -2.39. The minimum absolute atomic E-state index is 0.891. The molecular weight excluding hydrogens is 459 g/mol. The highest BCUT2D eigenvalue weighted by atomic mass is 32.2. The fourth-order valence-electron chi connectivity index (χ4n) is 1.77. The van der Waals surface area contributed by atoms with Crippen molar-refractivity contribution < 1.29 is 70.0 Å². The molecule has 0 rings (SSSR count). The predicted molar refractivity (Wildman–Crippen MR) is 63.6 cm³/mol. The van der Waals surface area contributed by atoms with E-state index in [-0.39, 0.29) is 0 Å². The maximum Gasteiger partial charge on any atom is 0.402 e. The molecule has 0 aromatic rings. The fraction of sp³-hybridized carbons (Fsp3) is 1.00. The topological polar surface area (TPSA) is 57.2 Å². The van der Waals surface area contributed by atoms with Crippen LogP contribution in [0.25, 0.3) is 0 Å². The highest BCUT2D eigenvalue weighted by molar-refractivity contribution is 7.86. The summed E-state index contributed by atoms with van der Waals surface area (Å²) in [6.45, 7) is 0. The molecule has 0 unspecified atom stereocenters. The van der Waals surface area contributed by atoms with E-state index < -0.39 is 77.3 Å². The van der Waals surface area contributed by atoms with Gasteiger partial charge in [0.05, 0.1) is 0 Å². The van der Waals surface area contributed by atoms with Crippen LogP contribution >= 0.6 is 0 Å². The van der Waals surface area contributed by atoms with Crippen LogP contribution in [0.3, 0.4) is 0 Å². The van der Waals surface area contributed by atoms with Crippen molar-refractivity contribution in [2.24, 2.45) is 0 Å². The molecule has 0 radical (unpaired) electrons. The van der Waals surface area contributed by atoms with Crippen molar-refractivity contribution >= 4 is 10.1 Å². The van der Waals surface area contributed by atoms with Gasteiger partial charge >= 0.3 is 35.1 Å². The highest BCUT2D eigenvalue weighted by Crippen LogP contribution is 2.58. The zero-order chi connectivity index (χ0) is 23.0. The minimum atomic E-state index is -7.75. The van der Waals surface area contributed by atoms with Crippen molar-refractivity contribution in [3.8, 4) is 0 Å². The molecule has 0 N–H and O–H groups in total. The Morgan fingerprint density at radius 1 is 0.571 bits per heavy atom. The number of unbranched alkanes of at least 4 members (excludes halogenated alkanes) is 2. The lowest BCUT2D eigenvalue weighted by atomic mass is 9.94. The normalized spacial score (nSPS) is 15.8. The second kappa shape index (κ2) is 7.68. The summed E-state index contributed by atoms with van der Waals surface area (Å²) in [4.78, 5) is 0. The van der Waals surface area contributed by atoms with E-state index in [1.165, 1.54) is 0 Å². The summed E-state index contributed by atoms with van der Waals surface area (Å²) >= 11 is 0. The quantitative estimate of drug-likeness (QED) is 0.252. The van der Waals surface area contributed by atoms with E-state index in [1.54, 1.807) is 0 Å². The molecule has 0 aromatic carbocycles. The highest BCUT2D eigenvalue weighted by Gasteiger charge is 2.87. The molecule has 0 aliphatic carbocycles. The van der Waals surface area contributed by atoms with Crippen molar-refractivity contribution in [2.75, 3.05) is 0 Å². The monoisotopic (exact) mass is 469 g/mol. The Labute approximate surface area is 148 Å². The van der Waals surface area contributed by atoms with Crippen LogP contribution in [-0.4, -0.2) is 48.1 Å². The predicted octanol–water partition coefficient (Wildman–Crippen LogP) is 5.18. The van der Waals surface area contributed by atoms with Gasteiger partial charge < -0.3 is 4.55 Å². The second-order valence-corrected chi connectivity index (χ2v) is 7.00. The number of hydrogen-bond acceptors (Lipinski definition) is 3. The van der Waals surface area contributed by atoms with Gasteiger partial charge in [0, 0.05) is 12.8 Å². The van der Waals surface area contributed by atoms with Gasteiger partial charge in [0.25, 0.3) is 0 Å². The van der Waals surface area contributed by atoms with Crippen LogP contribution in [0.4, 0.5) is 57.1 Å². The molecule has 0 fully saturated rings. The Kier molecular flexibility index (Phi) is 7.41. The third-order valence-corrected chi connectivity index (χ3v) is 4.26. The molecule has 3 nitrogen and oxygen atoms in total. The van der Waals surface area contributed by atoms with E-state index in [0.717, 1.165) is 0 Å². The van der Waals surface area contributed by atoms with E-state index in [0.29, 0.717) is 0 Å². The standard InChI is InChI=1S/C11H11F13O3S/c12-6(13,4-2-1-3-5-7(14,15)16)8(17,18)9(19,20)10(21,22)11(23,24)28(25,26)27/h1-5H2,(H,25,26,27)/p-1. The van der Waals surface area contributed by atoms with Crippen LogP contribution in [0.5, 0.6) is 0 Å². The van der Waals surface area contributed by atoms with E-state index >= 15 is 0 Å². The Balaban J connectivity index is 5.57. The van der Waals surface area contributed by atoms with Crippen molar-refractivity contribution in [3.05, 3.63) is 0 Å². The van der Waals surface area contributed by atoms with Gasteiger partial charge in [0.1, 0.15) is 0 Å². The number of rotatable bonds is 10. The van der Waals surface area contributed by atoms with Crippen molar-refractivity contribution in [1.29, 1.82) is 0 Å². The van der Waals surface area contributed by atoms with Crippen LogP contribution < -0.4 is 0 Å². The van der Waals surface area contributed by atoms with Gasteiger partial charge in [-0.05, 0) is 12.8 Å². The van der Waals surface area contributed by atoms with Gasteiger partial charge in [-0.1, -0.05) is 6.42 Å². The summed E-state index contributed by atoms with van der Waals surface area (Å²) in [6, 6.07) is 0. The van der Waals surface area contributed by atoms with E-state index in [9.17, 15) is 70.0 Å². The van der Waals surface area contributed by atoms with Crippen molar-refractivity contribution in [2.45, 2.75) is 67.2 Å². The van der Waals surface area contributed by atoms with Gasteiger partial charge in [-0.3, -0.25) is 0 Å². The second-order valence-electron chi connectivity index (χ2n) is 5.57. The average molecular weight is 469 g/mol. The molecule has 0 aliphatic rings. The molecule has 0 aliphatic heterocycles. The van der Waals surface area contributed by atoms with Crippen LogP contribution in [0.15, 0.2) is 0 Å². The molecule has 0 atom stereocenters. The molecule has 0 bridgehead atoms. The van der Waals surface area contributed by atoms with Crippen molar-refractivity contribution in [1.82, 2.24) is 0 Å². The van der Waals surface area contributed by atoms with Crippen molar-refractivity contribution in [3.63, 3.8) is 0 Å². The smallest absolute Gasteiger partial charge is 0.402 e. The molecule has 0 amide bonds. The fourth-order valence-corrected chi connectivity index (χ4v) is 2.22. The van der Waals surface area contributed by atoms with Gasteiger partial charge in [-0.25, -0.2) is 8.42 Å². The number of hydrogen-bond donors (Lipinski definition) is 0. The van der Waals surface area contributed by atoms with Crippen LogP contribution in [0, 0.1) is 0 Å². The molecular formula is C11H10F13O3S-. The molecule has 28 heavy (non-hydrogen) atoms. The van der Waals surface area contributed by atoms with E-state index in [2.05, 4.69) is 0 Å². The Morgan fingerprint density at radius 2 is 0.964 bits per heavy atom. The molecule has 0 aromatic heterocycles. The van der Waals surface area contributed by atoms with E-state index in [1.807, 2.05) is 0 Å². The Hall–Kier alpha value is -1.00. The van der Waals surface area contributed by atoms with Gasteiger partial charge in [0.2, 0.25) is 0 Å². The lowest BCUT2D eigenvalue weighted by molar-refractivity contribution is -0.390. The van der Waals surface area contributed by atoms with Crippen LogP contribution in [0.2, 0.25) is 0 Å². The first-order valence-corrected chi connectivity index (χ1v) is 8.28. The average Bonchev–Trinajstić information content (AvgIpc) is 2.43. The molecule has 0 spiro atoms. The Morgan fingerprint density at radius 3 is 1.32 bits per heavy atom. The maximum atomic E-state index is 13.3. The summed E-state index contributed by atoms with van der Waals surface area (Å²) in [5.41, 5.74) is 0. The summed E-state index contributed by atoms with van der Waals surface area (Å²) in [7, 11) is -7.69. The number of alkyl halides is 13. The van der Waals surface area contributed by atoms with Crippen LogP contribution in [0.1, 0.15) is 32.1 Å². The first kappa shape index (κ1) is 27.0. The lowest BCUT2D eigenvalue weighted by Crippen LogP contribution is -2.68. The first-order chi connectivity index (χ1) is 12.0. The number of halogens is 13. The SMILES string of the molecule is O=S(=O)([O-])C(F)(F)C(F)(F)C(F)(F)C(F)(F)C(F)(F)CCCCCC(F)(F)F. The summed E-state index contributed by atoms with van der Waals surface area (Å²) < 4.78 is 197. The third-order valence-electron chi connectivity index (χ3n) is 3.38. The molecule has 0 saturated carbocycles. The summed E-state index contributed by atoms with van der Waals surface area (Å²) in [6.07, 6.45) is -11.9. The maximum absolute atomic E-state index is 13.3. The molecule has 0 heterocycles. The van der Waals surface area contributed by atoms with Gasteiger partial charge in [-0.15, -0.1) is 0 Å². The molecule has 0 saturated heterocycles. The molecule has 170 valence electrons. The summed E-state index contributed by atoms with van der Waals surface area (Å²) in [5.74, 6) is -28.9. The first-order valence-electron chi connectivity index (χ1n) is 6.87. The molecule has 17 heteroatoms. The van der Waals surface area contributed by atoms with E-state index in [4.69, 9.17) is 0 Å². The van der Waals surface area contributed by atoms with Gasteiger partial charge in [-0.2, -0.15) is 57.1 Å². The van der Waals surface area contributed by atoms with Gasteiger partial charge in [0.15, 0.2) is 10.1 Å². The zero-order valence-electron chi connectivity index (χ0n) is 13.1. The zero-order valence-corrected chi connectivity index (χ0v) is 13.9. The third kappa shape index (κ3) is 4.94. The summed E-state index contributed by atoms with van der Waals surface area (Å²) in [5, 5.41) is -7.38. The van der Waals surface area contributed by atoms with Crippen LogP contribution in [-0.2, 0) is 10.1 Å². The Bertz CT molecular complexity index is 639. The largest absolute Gasteiger partial charge is 0.743 e. The minimum Gasteiger partial charge on any atom is -0.743 e.